The first-order valence-corrected chi connectivity index (χ1v) is 14.3. The quantitative estimate of drug-likeness (QED) is 0.324. The lowest BCUT2D eigenvalue weighted by molar-refractivity contribution is 0.0951. The summed E-state index contributed by atoms with van der Waals surface area (Å²) in [6, 6.07) is 13.7. The maximum atomic E-state index is 15.0. The zero-order valence-electron chi connectivity index (χ0n) is 21.3. The number of fused-ring (bicyclic) bond motifs is 3. The fourth-order valence-corrected chi connectivity index (χ4v) is 6.64. The van der Waals surface area contributed by atoms with Crippen LogP contribution in [0.15, 0.2) is 42.6 Å². The lowest BCUT2D eigenvalue weighted by Gasteiger charge is -2.28. The largest absolute Gasteiger partial charge is 0.352 e. The molecule has 196 valence electrons. The van der Waals surface area contributed by atoms with E-state index in [1.165, 1.54) is 11.3 Å². The van der Waals surface area contributed by atoms with Crippen molar-refractivity contribution in [1.29, 1.82) is 5.26 Å². The minimum atomic E-state index is -0.253. The lowest BCUT2D eigenvalue weighted by Crippen LogP contribution is -2.35. The number of carbonyl (C=O) groups is 1. The Morgan fingerprint density at radius 1 is 1.21 bits per heavy atom. The van der Waals surface area contributed by atoms with Crippen molar-refractivity contribution in [3.63, 3.8) is 0 Å². The van der Waals surface area contributed by atoms with Gasteiger partial charge in [0.25, 0.3) is 5.91 Å². The van der Waals surface area contributed by atoms with Crippen LogP contribution in [0.25, 0.3) is 26.4 Å². The SMILES string of the molecule is N#CC1CCN(CCCNC(=O)c2ccc3c(c2)sc2nc(-c4ccc(C5CCCN5)cc4F)cn23)CC1. The molecule has 4 heterocycles. The molecule has 1 unspecified atom stereocenters. The van der Waals surface area contributed by atoms with Crippen molar-refractivity contribution in [1.82, 2.24) is 24.9 Å². The third-order valence-corrected chi connectivity index (χ3v) is 8.81. The number of hydrogen-bond acceptors (Lipinski definition) is 6. The van der Waals surface area contributed by atoms with Gasteiger partial charge in [-0.1, -0.05) is 17.4 Å². The summed E-state index contributed by atoms with van der Waals surface area (Å²) in [4.78, 5) is 20.6. The molecule has 9 heteroatoms. The van der Waals surface area contributed by atoms with Crippen molar-refractivity contribution in [3.8, 4) is 17.3 Å². The maximum absolute atomic E-state index is 15.0. The van der Waals surface area contributed by atoms with Crippen LogP contribution < -0.4 is 10.6 Å². The van der Waals surface area contributed by atoms with Crippen LogP contribution in [0.3, 0.4) is 0 Å². The smallest absolute Gasteiger partial charge is 0.251 e. The second kappa shape index (κ2) is 10.8. The molecule has 0 aliphatic carbocycles. The number of likely N-dealkylation sites (tertiary alicyclic amines) is 1. The van der Waals surface area contributed by atoms with Gasteiger partial charge in [-0.2, -0.15) is 5.26 Å². The lowest BCUT2D eigenvalue weighted by atomic mass is 9.98. The number of aromatic nitrogens is 2. The number of amides is 1. The molecule has 0 radical (unpaired) electrons. The Hall–Kier alpha value is -3.32. The van der Waals surface area contributed by atoms with E-state index >= 15 is 4.39 Å². The Kier molecular flexibility index (Phi) is 7.11. The van der Waals surface area contributed by atoms with E-state index in [4.69, 9.17) is 10.2 Å². The predicted octanol–water partition coefficient (Wildman–Crippen LogP) is 5.14. The first-order valence-electron chi connectivity index (χ1n) is 13.4. The van der Waals surface area contributed by atoms with Gasteiger partial charge in [0.1, 0.15) is 5.82 Å². The Labute approximate surface area is 225 Å². The predicted molar refractivity (Wildman–Crippen MR) is 148 cm³/mol. The number of nitriles is 1. The molecular weight excluding hydrogens is 499 g/mol. The summed E-state index contributed by atoms with van der Waals surface area (Å²) in [5.74, 6) is -0.142. The molecular formula is C29H31FN6OS. The number of imidazole rings is 1. The van der Waals surface area contributed by atoms with Gasteiger partial charge in [0.15, 0.2) is 4.96 Å². The van der Waals surface area contributed by atoms with Crippen molar-refractivity contribution >= 4 is 32.4 Å². The molecule has 6 rings (SSSR count). The van der Waals surface area contributed by atoms with Gasteiger partial charge >= 0.3 is 0 Å². The molecule has 2 aliphatic heterocycles. The first-order chi connectivity index (χ1) is 18.6. The van der Waals surface area contributed by atoms with Gasteiger partial charge in [-0.3, -0.25) is 9.20 Å². The number of benzene rings is 2. The third kappa shape index (κ3) is 5.04. The van der Waals surface area contributed by atoms with Crippen molar-refractivity contribution in [2.45, 2.75) is 38.1 Å². The van der Waals surface area contributed by atoms with Crippen LogP contribution in [0.2, 0.25) is 0 Å². The molecule has 1 atom stereocenters. The van der Waals surface area contributed by atoms with E-state index in [2.05, 4.69) is 21.6 Å². The van der Waals surface area contributed by atoms with Gasteiger partial charge in [-0.25, -0.2) is 9.37 Å². The zero-order valence-corrected chi connectivity index (χ0v) is 22.1. The maximum Gasteiger partial charge on any atom is 0.251 e. The van der Waals surface area contributed by atoms with E-state index in [-0.39, 0.29) is 23.7 Å². The van der Waals surface area contributed by atoms with Gasteiger partial charge in [0.2, 0.25) is 0 Å². The molecule has 1 amide bonds. The van der Waals surface area contributed by atoms with Crippen molar-refractivity contribution < 1.29 is 9.18 Å². The molecule has 0 bridgehead atoms. The summed E-state index contributed by atoms with van der Waals surface area (Å²) in [6.07, 6.45) is 6.79. The molecule has 2 aromatic heterocycles. The first kappa shape index (κ1) is 25.0. The highest BCUT2D eigenvalue weighted by atomic mass is 32.1. The minimum absolute atomic E-state index is 0.0827. The summed E-state index contributed by atoms with van der Waals surface area (Å²) >= 11 is 1.50. The van der Waals surface area contributed by atoms with Gasteiger partial charge in [-0.05, 0) is 94.2 Å². The average molecular weight is 531 g/mol. The molecule has 2 aromatic carbocycles. The topological polar surface area (TPSA) is 85.5 Å². The fraction of sp³-hybridized carbons (Fsp3) is 0.414. The number of nitrogens with zero attached hydrogens (tertiary/aromatic N) is 4. The second-order valence-electron chi connectivity index (χ2n) is 10.3. The molecule has 38 heavy (non-hydrogen) atoms. The standard InChI is InChI=1S/C29H31FN6OS/c30-23-15-20(24-3-1-10-32-24)4-6-22(23)25-18-36-26-7-5-21(16-27(26)38-29(36)34-25)28(37)33-11-2-12-35-13-8-19(17-31)9-14-35/h4-7,15-16,18-19,24,32H,1-3,8-14H2,(H,33,37). The van der Waals surface area contributed by atoms with Crippen molar-refractivity contribution in [2.24, 2.45) is 5.92 Å². The Bertz CT molecular complexity index is 1510. The number of nitrogens with one attached hydrogen (secondary N) is 2. The summed E-state index contributed by atoms with van der Waals surface area (Å²) in [5, 5.41) is 15.5. The number of piperidine rings is 1. The zero-order chi connectivity index (χ0) is 26.1. The highest BCUT2D eigenvalue weighted by Crippen LogP contribution is 2.32. The fourth-order valence-electron chi connectivity index (χ4n) is 5.59. The highest BCUT2D eigenvalue weighted by molar-refractivity contribution is 7.23. The van der Waals surface area contributed by atoms with Crippen LogP contribution in [0.4, 0.5) is 4.39 Å². The number of carbonyl (C=O) groups excluding carboxylic acids is 1. The molecule has 2 saturated heterocycles. The van der Waals surface area contributed by atoms with Crippen molar-refractivity contribution in [3.05, 3.63) is 59.5 Å². The summed E-state index contributed by atoms with van der Waals surface area (Å²) in [7, 11) is 0. The Morgan fingerprint density at radius 2 is 2.08 bits per heavy atom. The molecule has 0 saturated carbocycles. The van der Waals surface area contributed by atoms with Crippen LogP contribution in [-0.2, 0) is 0 Å². The van der Waals surface area contributed by atoms with Crippen LogP contribution >= 0.6 is 11.3 Å². The molecule has 4 aromatic rings. The van der Waals surface area contributed by atoms with Crippen LogP contribution in [-0.4, -0.2) is 52.9 Å². The van der Waals surface area contributed by atoms with E-state index < -0.39 is 0 Å². The Morgan fingerprint density at radius 3 is 2.84 bits per heavy atom. The van der Waals surface area contributed by atoms with E-state index in [9.17, 15) is 4.79 Å². The monoisotopic (exact) mass is 530 g/mol. The third-order valence-electron chi connectivity index (χ3n) is 7.79. The van der Waals surface area contributed by atoms with Crippen molar-refractivity contribution in [2.75, 3.05) is 32.7 Å². The molecule has 2 N–H and O–H groups in total. The van der Waals surface area contributed by atoms with E-state index in [0.717, 1.165) is 79.0 Å². The normalized spacial score (nSPS) is 18.8. The number of hydrogen-bond donors (Lipinski definition) is 2. The number of rotatable bonds is 7. The summed E-state index contributed by atoms with van der Waals surface area (Å²) in [5.41, 5.74) is 3.68. The number of thiazole rings is 1. The highest BCUT2D eigenvalue weighted by Gasteiger charge is 2.20. The molecule has 0 spiro atoms. The second-order valence-corrected chi connectivity index (χ2v) is 11.3. The average Bonchev–Trinajstić information content (AvgIpc) is 3.68. The Balaban J connectivity index is 1.10. The van der Waals surface area contributed by atoms with Gasteiger partial charge in [-0.15, -0.1) is 0 Å². The van der Waals surface area contributed by atoms with Gasteiger partial charge in [0.05, 0.1) is 22.0 Å². The minimum Gasteiger partial charge on any atom is -0.352 e. The molecule has 7 nitrogen and oxygen atoms in total. The van der Waals surface area contributed by atoms with Crippen LogP contribution in [0, 0.1) is 23.1 Å². The van der Waals surface area contributed by atoms with Gasteiger partial charge in [0, 0.05) is 35.8 Å². The summed E-state index contributed by atoms with van der Waals surface area (Å²) in [6.45, 7) is 4.45. The van der Waals surface area contributed by atoms with Crippen LogP contribution in [0.1, 0.15) is 54.1 Å². The van der Waals surface area contributed by atoms with E-state index in [1.54, 1.807) is 6.07 Å². The van der Waals surface area contributed by atoms with Gasteiger partial charge < -0.3 is 15.5 Å². The molecule has 2 fully saturated rings. The van der Waals surface area contributed by atoms with E-state index in [1.807, 2.05) is 40.9 Å². The number of halogens is 1. The summed E-state index contributed by atoms with van der Waals surface area (Å²) < 4.78 is 17.9. The van der Waals surface area contributed by atoms with Crippen LogP contribution in [0.5, 0.6) is 0 Å². The van der Waals surface area contributed by atoms with E-state index in [0.29, 0.717) is 23.4 Å². The molecule has 2 aliphatic rings.